The molecule has 0 saturated carbocycles. The zero-order valence-electron chi connectivity index (χ0n) is 9.45. The third-order valence-electron chi connectivity index (χ3n) is 2.16. The second kappa shape index (κ2) is 6.43. The first-order valence-electron chi connectivity index (χ1n) is 5.25. The van der Waals surface area contributed by atoms with E-state index in [2.05, 4.69) is 12.1 Å². The van der Waals surface area contributed by atoms with Crippen LogP contribution in [0.3, 0.4) is 0 Å². The van der Waals surface area contributed by atoms with E-state index in [-0.39, 0.29) is 0 Å². The fourth-order valence-electron chi connectivity index (χ4n) is 1.52. The Morgan fingerprint density at radius 2 is 2.13 bits per heavy atom. The fourth-order valence-corrected chi connectivity index (χ4v) is 1.52. The van der Waals surface area contributed by atoms with Crippen LogP contribution in [0.15, 0.2) is 18.2 Å². The Morgan fingerprint density at radius 1 is 1.33 bits per heavy atom. The van der Waals surface area contributed by atoms with Crippen molar-refractivity contribution in [2.45, 2.75) is 20.0 Å². The summed E-state index contributed by atoms with van der Waals surface area (Å²) in [5, 5.41) is 0. The Kier molecular flexibility index (Phi) is 5.15. The molecule has 0 fully saturated rings. The van der Waals surface area contributed by atoms with Crippen molar-refractivity contribution in [3.63, 3.8) is 0 Å². The monoisotopic (exact) mass is 209 g/mol. The molecule has 15 heavy (non-hydrogen) atoms. The molecule has 1 aromatic carbocycles. The molecule has 3 nitrogen and oxygen atoms in total. The van der Waals surface area contributed by atoms with Gasteiger partial charge in [0.25, 0.3) is 0 Å². The van der Waals surface area contributed by atoms with Crippen LogP contribution in [-0.4, -0.2) is 20.3 Å². The highest BCUT2D eigenvalue weighted by Crippen LogP contribution is 2.21. The van der Waals surface area contributed by atoms with E-state index in [1.165, 1.54) is 5.56 Å². The molecule has 0 amide bonds. The summed E-state index contributed by atoms with van der Waals surface area (Å²) in [5.74, 6) is 0.903. The average Bonchev–Trinajstić information content (AvgIpc) is 2.23. The maximum atomic E-state index is 5.52. The molecule has 0 aromatic heterocycles. The predicted molar refractivity (Wildman–Crippen MR) is 61.1 cm³/mol. The van der Waals surface area contributed by atoms with Gasteiger partial charge in [0.1, 0.15) is 5.75 Å². The topological polar surface area (TPSA) is 44.5 Å². The molecule has 1 aromatic rings. The summed E-state index contributed by atoms with van der Waals surface area (Å²) in [4.78, 5) is 0. The van der Waals surface area contributed by atoms with E-state index < -0.39 is 0 Å². The maximum absolute atomic E-state index is 5.52. The van der Waals surface area contributed by atoms with Gasteiger partial charge in [0.15, 0.2) is 0 Å². The largest absolute Gasteiger partial charge is 0.494 e. The van der Waals surface area contributed by atoms with Crippen molar-refractivity contribution in [1.29, 1.82) is 0 Å². The van der Waals surface area contributed by atoms with Crippen LogP contribution < -0.4 is 10.5 Å². The predicted octanol–water partition coefficient (Wildman–Crippen LogP) is 1.73. The molecular formula is C12H19NO2. The van der Waals surface area contributed by atoms with Crippen LogP contribution in [0.2, 0.25) is 0 Å². The highest BCUT2D eigenvalue weighted by atomic mass is 16.5. The van der Waals surface area contributed by atoms with Crippen LogP contribution in [0.25, 0.3) is 0 Å². The molecule has 0 atom stereocenters. The lowest BCUT2D eigenvalue weighted by molar-refractivity contribution is 0.180. The van der Waals surface area contributed by atoms with Crippen molar-refractivity contribution in [2.24, 2.45) is 5.73 Å². The molecule has 0 aliphatic heterocycles. The second-order valence-corrected chi connectivity index (χ2v) is 3.35. The third kappa shape index (κ3) is 3.53. The number of methoxy groups -OCH3 is 1. The minimum Gasteiger partial charge on any atom is -0.494 e. The lowest BCUT2D eigenvalue weighted by Gasteiger charge is -2.11. The summed E-state index contributed by atoms with van der Waals surface area (Å²) in [6.07, 6.45) is 0.892. The molecule has 2 N–H and O–H groups in total. The van der Waals surface area contributed by atoms with E-state index in [1.54, 1.807) is 7.11 Å². The lowest BCUT2D eigenvalue weighted by atomic mass is 10.1. The number of rotatable bonds is 6. The van der Waals surface area contributed by atoms with Crippen molar-refractivity contribution >= 4 is 0 Å². The summed E-state index contributed by atoms with van der Waals surface area (Å²) < 4.78 is 10.6. The van der Waals surface area contributed by atoms with Crippen molar-refractivity contribution in [3.8, 4) is 5.75 Å². The number of nitrogens with two attached hydrogens (primary N) is 1. The first-order chi connectivity index (χ1) is 7.31. The van der Waals surface area contributed by atoms with Gasteiger partial charge in [-0.05, 0) is 37.6 Å². The maximum Gasteiger partial charge on any atom is 0.124 e. The van der Waals surface area contributed by atoms with Gasteiger partial charge >= 0.3 is 0 Å². The average molecular weight is 209 g/mol. The fraction of sp³-hybridized carbons (Fsp3) is 0.500. The summed E-state index contributed by atoms with van der Waals surface area (Å²) >= 11 is 0. The first-order valence-corrected chi connectivity index (χ1v) is 5.25. The SMILES string of the molecule is CCOc1ccc(CCN)cc1COC. The number of ether oxygens (including phenoxy) is 2. The highest BCUT2D eigenvalue weighted by Gasteiger charge is 2.04. The van der Waals surface area contributed by atoms with Gasteiger partial charge in [0.2, 0.25) is 0 Å². The Balaban J connectivity index is 2.87. The Labute approximate surface area is 91.2 Å². The Morgan fingerprint density at radius 3 is 2.73 bits per heavy atom. The smallest absolute Gasteiger partial charge is 0.124 e. The van der Waals surface area contributed by atoms with Gasteiger partial charge in [-0.2, -0.15) is 0 Å². The van der Waals surface area contributed by atoms with Gasteiger partial charge < -0.3 is 15.2 Å². The van der Waals surface area contributed by atoms with Crippen LogP contribution in [-0.2, 0) is 17.8 Å². The summed E-state index contributed by atoms with van der Waals surface area (Å²) in [6.45, 7) is 3.89. The molecule has 0 spiro atoms. The number of hydrogen-bond acceptors (Lipinski definition) is 3. The van der Waals surface area contributed by atoms with E-state index in [4.69, 9.17) is 15.2 Å². The van der Waals surface area contributed by atoms with E-state index in [9.17, 15) is 0 Å². The molecule has 84 valence electrons. The molecule has 0 radical (unpaired) electrons. The minimum atomic E-state index is 0.577. The first kappa shape index (κ1) is 12.0. The van der Waals surface area contributed by atoms with Gasteiger partial charge in [0.05, 0.1) is 13.2 Å². The molecule has 0 heterocycles. The molecule has 1 rings (SSSR count). The number of hydrogen-bond donors (Lipinski definition) is 1. The number of benzene rings is 1. The molecule has 0 bridgehead atoms. The molecule has 0 unspecified atom stereocenters. The van der Waals surface area contributed by atoms with Crippen molar-refractivity contribution < 1.29 is 9.47 Å². The van der Waals surface area contributed by atoms with E-state index in [1.807, 2.05) is 13.0 Å². The summed E-state index contributed by atoms with van der Waals surface area (Å²) in [6, 6.07) is 6.14. The van der Waals surface area contributed by atoms with Crippen molar-refractivity contribution in [2.75, 3.05) is 20.3 Å². The molecular weight excluding hydrogens is 190 g/mol. The van der Waals surface area contributed by atoms with Crippen LogP contribution in [0.4, 0.5) is 0 Å². The summed E-state index contributed by atoms with van der Waals surface area (Å²) in [5.41, 5.74) is 7.84. The van der Waals surface area contributed by atoms with E-state index in [0.29, 0.717) is 19.8 Å². The van der Waals surface area contributed by atoms with Gasteiger partial charge in [-0.1, -0.05) is 6.07 Å². The van der Waals surface area contributed by atoms with Crippen LogP contribution in [0.1, 0.15) is 18.1 Å². The van der Waals surface area contributed by atoms with Crippen LogP contribution in [0, 0.1) is 0 Å². The minimum absolute atomic E-state index is 0.577. The van der Waals surface area contributed by atoms with Gasteiger partial charge in [0, 0.05) is 12.7 Å². The standard InChI is InChI=1S/C12H19NO2/c1-3-15-12-5-4-10(6-7-13)8-11(12)9-14-2/h4-5,8H,3,6-7,9,13H2,1-2H3. The Hall–Kier alpha value is -1.06. The zero-order valence-corrected chi connectivity index (χ0v) is 9.45. The van der Waals surface area contributed by atoms with Gasteiger partial charge in [-0.15, -0.1) is 0 Å². The van der Waals surface area contributed by atoms with Crippen molar-refractivity contribution in [1.82, 2.24) is 0 Å². The normalized spacial score (nSPS) is 10.3. The third-order valence-corrected chi connectivity index (χ3v) is 2.16. The van der Waals surface area contributed by atoms with Crippen LogP contribution >= 0.6 is 0 Å². The molecule has 0 aliphatic carbocycles. The van der Waals surface area contributed by atoms with Crippen molar-refractivity contribution in [3.05, 3.63) is 29.3 Å². The summed E-state index contributed by atoms with van der Waals surface area (Å²) in [7, 11) is 1.69. The quantitative estimate of drug-likeness (QED) is 0.776. The van der Waals surface area contributed by atoms with Gasteiger partial charge in [-0.3, -0.25) is 0 Å². The van der Waals surface area contributed by atoms with Gasteiger partial charge in [-0.25, -0.2) is 0 Å². The highest BCUT2D eigenvalue weighted by molar-refractivity contribution is 5.37. The lowest BCUT2D eigenvalue weighted by Crippen LogP contribution is -2.04. The van der Waals surface area contributed by atoms with E-state index in [0.717, 1.165) is 17.7 Å². The van der Waals surface area contributed by atoms with E-state index >= 15 is 0 Å². The molecule has 0 aliphatic rings. The second-order valence-electron chi connectivity index (χ2n) is 3.35. The van der Waals surface area contributed by atoms with Crippen LogP contribution in [0.5, 0.6) is 5.75 Å². The molecule has 0 saturated heterocycles. The Bertz CT molecular complexity index is 300. The zero-order chi connectivity index (χ0) is 11.1. The molecule has 3 heteroatoms.